The molecule has 0 atom stereocenters. The number of hydrogen-bond donors (Lipinski definition) is 0. The Labute approximate surface area is 219 Å². The van der Waals surface area contributed by atoms with Crippen molar-refractivity contribution < 1.29 is 13.9 Å². The fraction of sp³-hybridized carbons (Fsp3) is 0.357. The van der Waals surface area contributed by atoms with Gasteiger partial charge in [-0.25, -0.2) is 15.0 Å². The average Bonchev–Trinajstić information content (AvgIpc) is 2.90. The average molecular weight is 518 g/mol. The molecule has 4 rings (SSSR count). The molecule has 8 nitrogen and oxygen atoms in total. The molecule has 2 heterocycles. The Morgan fingerprint density at radius 1 is 0.865 bits per heavy atom. The van der Waals surface area contributed by atoms with Gasteiger partial charge in [-0.2, -0.15) is 4.98 Å². The summed E-state index contributed by atoms with van der Waals surface area (Å²) in [6.07, 6.45) is 3.46. The highest BCUT2D eigenvalue weighted by molar-refractivity contribution is 6.74. The maximum absolute atomic E-state index is 6.50. The molecule has 0 amide bonds. The summed E-state index contributed by atoms with van der Waals surface area (Å²) in [6, 6.07) is 15.7. The maximum Gasteiger partial charge on any atom is 0.232 e. The third-order valence-corrected chi connectivity index (χ3v) is 11.4. The van der Waals surface area contributed by atoms with Crippen LogP contribution in [0.4, 0.5) is 11.6 Å². The zero-order chi connectivity index (χ0) is 26.6. The van der Waals surface area contributed by atoms with E-state index < -0.39 is 8.32 Å². The molecule has 9 heteroatoms. The summed E-state index contributed by atoms with van der Waals surface area (Å²) in [7, 11) is 1.33. The van der Waals surface area contributed by atoms with Crippen LogP contribution in [0.3, 0.4) is 0 Å². The highest BCUT2D eigenvalue weighted by atomic mass is 28.4. The third kappa shape index (κ3) is 6.06. The highest BCUT2D eigenvalue weighted by Crippen LogP contribution is 2.37. The van der Waals surface area contributed by atoms with Gasteiger partial charge in [-0.05, 0) is 18.1 Å². The monoisotopic (exact) mass is 517 g/mol. The Hall–Kier alpha value is -3.56. The zero-order valence-electron chi connectivity index (χ0n) is 22.6. The SMILES string of the molecule is COc1cc(OC)cc(N(CCO[Si](C)(C)C(C)(C)C)c2ncc3ncc(-c4ccccc4)nc3n2)c1. The fourth-order valence-corrected chi connectivity index (χ4v) is 4.62. The lowest BCUT2D eigenvalue weighted by atomic mass is 10.2. The number of anilines is 2. The quantitative estimate of drug-likeness (QED) is 0.241. The molecule has 0 fully saturated rings. The minimum atomic E-state index is -1.94. The van der Waals surface area contributed by atoms with E-state index in [1.54, 1.807) is 26.6 Å². The van der Waals surface area contributed by atoms with Crippen LogP contribution in [-0.4, -0.2) is 55.6 Å². The molecule has 0 spiro atoms. The van der Waals surface area contributed by atoms with E-state index >= 15 is 0 Å². The molecule has 37 heavy (non-hydrogen) atoms. The Balaban J connectivity index is 1.74. The Morgan fingerprint density at radius 3 is 2.16 bits per heavy atom. The number of rotatable bonds is 9. The second-order valence-corrected chi connectivity index (χ2v) is 15.1. The van der Waals surface area contributed by atoms with Crippen molar-refractivity contribution in [2.75, 3.05) is 32.3 Å². The smallest absolute Gasteiger partial charge is 0.232 e. The lowest BCUT2D eigenvalue weighted by molar-refractivity contribution is 0.296. The molecule has 0 saturated heterocycles. The first-order chi connectivity index (χ1) is 17.6. The summed E-state index contributed by atoms with van der Waals surface area (Å²) in [5, 5.41) is 0.111. The largest absolute Gasteiger partial charge is 0.497 e. The number of aromatic nitrogens is 4. The second-order valence-electron chi connectivity index (χ2n) is 10.3. The van der Waals surface area contributed by atoms with Crippen LogP contribution in [0.1, 0.15) is 20.8 Å². The Bertz CT molecular complexity index is 1340. The molecule has 0 aliphatic carbocycles. The lowest BCUT2D eigenvalue weighted by Crippen LogP contribution is -2.42. The molecule has 2 aromatic carbocycles. The molecular weight excluding hydrogens is 482 g/mol. The van der Waals surface area contributed by atoms with Crippen LogP contribution in [0, 0.1) is 0 Å². The molecule has 0 unspecified atom stereocenters. The van der Waals surface area contributed by atoms with Crippen molar-refractivity contribution >= 4 is 31.1 Å². The lowest BCUT2D eigenvalue weighted by Gasteiger charge is -2.36. The van der Waals surface area contributed by atoms with Gasteiger partial charge in [0.05, 0.1) is 44.6 Å². The van der Waals surface area contributed by atoms with E-state index in [0.717, 1.165) is 16.9 Å². The van der Waals surface area contributed by atoms with E-state index in [1.807, 2.05) is 53.4 Å². The van der Waals surface area contributed by atoms with E-state index in [2.05, 4.69) is 43.8 Å². The Kier molecular flexibility index (Phi) is 7.75. The standard InChI is InChI=1S/C28H35N5O3Si/c1-28(2,3)37(6,7)36-14-13-33(21-15-22(34-4)17-23(16-21)35-5)27-30-19-25-26(32-27)31-24(18-29-25)20-11-9-8-10-12-20/h8-12,15-19H,13-14H2,1-7H3. The van der Waals surface area contributed by atoms with Gasteiger partial charge in [-0.15, -0.1) is 0 Å². The predicted octanol–water partition coefficient (Wildman–Crippen LogP) is 6.26. The molecule has 0 aliphatic rings. The topological polar surface area (TPSA) is 82.5 Å². The van der Waals surface area contributed by atoms with Gasteiger partial charge in [0, 0.05) is 30.3 Å². The zero-order valence-corrected chi connectivity index (χ0v) is 23.6. The molecule has 2 aromatic heterocycles. The van der Waals surface area contributed by atoms with E-state index in [0.29, 0.717) is 41.8 Å². The van der Waals surface area contributed by atoms with Crippen LogP contribution in [0.2, 0.25) is 18.1 Å². The van der Waals surface area contributed by atoms with Crippen molar-refractivity contribution in [1.82, 2.24) is 19.9 Å². The van der Waals surface area contributed by atoms with Gasteiger partial charge in [0.25, 0.3) is 0 Å². The second kappa shape index (κ2) is 10.8. The first kappa shape index (κ1) is 26.5. The molecule has 0 bridgehead atoms. The summed E-state index contributed by atoms with van der Waals surface area (Å²) in [4.78, 5) is 20.8. The summed E-state index contributed by atoms with van der Waals surface area (Å²) in [5.41, 5.74) is 3.73. The molecule has 0 N–H and O–H groups in total. The number of methoxy groups -OCH3 is 2. The van der Waals surface area contributed by atoms with Gasteiger partial charge in [0.1, 0.15) is 17.0 Å². The van der Waals surface area contributed by atoms with Crippen molar-refractivity contribution in [3.8, 4) is 22.8 Å². The van der Waals surface area contributed by atoms with Crippen molar-refractivity contribution in [2.45, 2.75) is 38.9 Å². The summed E-state index contributed by atoms with van der Waals surface area (Å²) < 4.78 is 17.6. The first-order valence-corrected chi connectivity index (χ1v) is 15.2. The van der Waals surface area contributed by atoms with Crippen molar-refractivity contribution in [1.29, 1.82) is 0 Å². The normalized spacial score (nSPS) is 12.0. The molecule has 0 radical (unpaired) electrons. The number of ether oxygens (including phenoxy) is 2. The van der Waals surface area contributed by atoms with Gasteiger partial charge in [0.15, 0.2) is 14.0 Å². The van der Waals surface area contributed by atoms with Crippen LogP contribution in [-0.2, 0) is 4.43 Å². The number of benzene rings is 2. The van der Waals surface area contributed by atoms with E-state index in [9.17, 15) is 0 Å². The number of nitrogens with zero attached hydrogens (tertiary/aromatic N) is 5. The first-order valence-electron chi connectivity index (χ1n) is 12.3. The van der Waals surface area contributed by atoms with E-state index in [1.165, 1.54) is 0 Å². The van der Waals surface area contributed by atoms with Crippen molar-refractivity contribution in [2.24, 2.45) is 0 Å². The van der Waals surface area contributed by atoms with Gasteiger partial charge < -0.3 is 18.8 Å². The summed E-state index contributed by atoms with van der Waals surface area (Å²) in [6.45, 7) is 12.3. The molecule has 194 valence electrons. The van der Waals surface area contributed by atoms with Gasteiger partial charge in [-0.3, -0.25) is 0 Å². The van der Waals surface area contributed by atoms with Crippen LogP contribution >= 0.6 is 0 Å². The molecule has 4 aromatic rings. The van der Waals surface area contributed by atoms with Gasteiger partial charge in [0.2, 0.25) is 5.95 Å². The van der Waals surface area contributed by atoms with Crippen LogP contribution in [0.15, 0.2) is 60.9 Å². The predicted molar refractivity (Wildman–Crippen MR) is 150 cm³/mol. The molecule has 0 saturated carbocycles. The number of fused-ring (bicyclic) bond motifs is 1. The van der Waals surface area contributed by atoms with Crippen molar-refractivity contribution in [3.05, 3.63) is 60.9 Å². The maximum atomic E-state index is 6.50. The minimum Gasteiger partial charge on any atom is -0.497 e. The highest BCUT2D eigenvalue weighted by Gasteiger charge is 2.37. The van der Waals surface area contributed by atoms with Gasteiger partial charge >= 0.3 is 0 Å². The number of hydrogen-bond acceptors (Lipinski definition) is 8. The van der Waals surface area contributed by atoms with Crippen molar-refractivity contribution in [3.63, 3.8) is 0 Å². The fourth-order valence-electron chi connectivity index (χ4n) is 3.58. The Morgan fingerprint density at radius 2 is 1.54 bits per heavy atom. The van der Waals surface area contributed by atoms with Crippen LogP contribution in [0.5, 0.6) is 11.5 Å². The minimum absolute atomic E-state index is 0.111. The van der Waals surface area contributed by atoms with Crippen LogP contribution < -0.4 is 14.4 Å². The molecule has 0 aliphatic heterocycles. The van der Waals surface area contributed by atoms with E-state index in [4.69, 9.17) is 23.9 Å². The molecular formula is C28H35N5O3Si. The van der Waals surface area contributed by atoms with E-state index in [-0.39, 0.29) is 5.04 Å². The summed E-state index contributed by atoms with van der Waals surface area (Å²) >= 11 is 0. The van der Waals surface area contributed by atoms with Crippen LogP contribution in [0.25, 0.3) is 22.4 Å². The van der Waals surface area contributed by atoms with Gasteiger partial charge in [-0.1, -0.05) is 51.1 Å². The summed E-state index contributed by atoms with van der Waals surface area (Å²) in [5.74, 6) is 1.86. The third-order valence-electron chi connectivity index (χ3n) is 6.83.